The summed E-state index contributed by atoms with van der Waals surface area (Å²) in [6.45, 7) is 13.0. The van der Waals surface area contributed by atoms with Crippen LogP contribution in [0.5, 0.6) is 0 Å². The molecule has 0 aliphatic rings. The Bertz CT molecular complexity index is 686. The lowest BCUT2D eigenvalue weighted by atomic mass is 10.3. The van der Waals surface area contributed by atoms with Gasteiger partial charge in [0.2, 0.25) is 0 Å². The van der Waals surface area contributed by atoms with Gasteiger partial charge in [-0.05, 0) is 32.1 Å². The Balaban J connectivity index is -0.0000000172. The van der Waals surface area contributed by atoms with E-state index in [-0.39, 0.29) is 124 Å². The van der Waals surface area contributed by atoms with Crippen molar-refractivity contribution in [3.8, 4) is 0 Å². The van der Waals surface area contributed by atoms with Crippen molar-refractivity contribution in [3.05, 3.63) is 0 Å². The van der Waals surface area contributed by atoms with Crippen molar-refractivity contribution >= 4 is 59.9 Å². The van der Waals surface area contributed by atoms with Crippen LogP contribution in [-0.2, 0) is 23.1 Å². The van der Waals surface area contributed by atoms with E-state index in [0.717, 1.165) is 6.16 Å². The van der Waals surface area contributed by atoms with Crippen molar-refractivity contribution < 1.29 is 57.5 Å². The highest BCUT2D eigenvalue weighted by molar-refractivity contribution is 14.0. The molecular formula is C27H89IN2O12P4. The summed E-state index contributed by atoms with van der Waals surface area (Å²) in [6.07, 6.45) is -0.171. The molecular weight excluding hydrogens is 795 g/mol. The zero-order chi connectivity index (χ0) is 28.7. The molecule has 0 aromatic carbocycles. The first-order chi connectivity index (χ1) is 14.6. The van der Waals surface area contributed by atoms with Crippen molar-refractivity contribution in [1.82, 2.24) is 0 Å². The van der Waals surface area contributed by atoms with E-state index in [1.165, 1.54) is 0 Å². The van der Waals surface area contributed by atoms with Gasteiger partial charge in [0.25, 0.3) is 0 Å². The molecule has 0 aromatic rings. The third kappa shape index (κ3) is 140. The molecule has 306 valence electrons. The van der Waals surface area contributed by atoms with E-state index in [9.17, 15) is 23.1 Å². The van der Waals surface area contributed by atoms with Gasteiger partial charge < -0.3 is 50.5 Å². The number of hydrogen-bond donors (Lipinski definition) is 9. The summed E-state index contributed by atoms with van der Waals surface area (Å²) < 4.78 is 41.3. The third-order valence-electron chi connectivity index (χ3n) is 2.69. The Hall–Kier alpha value is 0.800. The van der Waals surface area contributed by atoms with Crippen LogP contribution < -0.4 is 11.5 Å². The van der Waals surface area contributed by atoms with Gasteiger partial charge in [-0.25, -0.2) is 0 Å². The molecule has 0 heterocycles. The van der Waals surface area contributed by atoms with Gasteiger partial charge >= 0.3 is 28.8 Å². The summed E-state index contributed by atoms with van der Waals surface area (Å²) in [5.41, 5.74) is 9.90. The van der Waals surface area contributed by atoms with Crippen LogP contribution in [0.3, 0.4) is 0 Å². The molecule has 0 rings (SSSR count). The molecule has 0 amide bonds. The molecule has 0 fully saturated rings. The number of hydrogen-bond acceptors (Lipinski definition) is 7. The molecule has 0 bridgehead atoms. The van der Waals surface area contributed by atoms with Gasteiger partial charge in [0.15, 0.2) is 0 Å². The molecule has 2 unspecified atom stereocenters. The summed E-state index contributed by atoms with van der Waals surface area (Å²) in [4.78, 5) is 59.4. The zero-order valence-electron chi connectivity index (χ0n) is 21.2. The van der Waals surface area contributed by atoms with Crippen molar-refractivity contribution in [2.45, 2.75) is 128 Å². The van der Waals surface area contributed by atoms with Crippen molar-refractivity contribution in [3.63, 3.8) is 0 Å². The van der Waals surface area contributed by atoms with Gasteiger partial charge in [-0.1, -0.05) is 109 Å². The van der Waals surface area contributed by atoms with Crippen molar-refractivity contribution in [2.75, 3.05) is 38.0 Å². The van der Waals surface area contributed by atoms with Crippen LogP contribution in [0.15, 0.2) is 0 Å². The standard InChI is InChI=1S/C6H15OP.C4H11O3P.C3H8NO5P.C3H10NO3P.11CH4.HI/c1-6(2)5-8(3,4)7;1-4(2)3-8(5,6)7;4-2(3(5)6)1-10(7,8)9;1-3(4)2-8(5,6)7;;;;;;;;;;;;/h6H,5H2,1-4H3;4H,3H2,1-2H3,(H2,5,6,7);2H,1,4H2,(H,5,6)(H2,7,8,9);3H,2,4H2,1H3,(H2,5,6,7);11*1H4;1H. The average Bonchev–Trinajstić information content (AvgIpc) is 2.38. The number of halogens is 1. The van der Waals surface area contributed by atoms with Crippen LogP contribution >= 0.6 is 53.9 Å². The van der Waals surface area contributed by atoms with E-state index in [4.69, 9.17) is 45.9 Å². The molecule has 0 aromatic heterocycles. The summed E-state index contributed by atoms with van der Waals surface area (Å²) >= 11 is 0. The SMILES string of the molecule is C.C.C.C.C.C.C.C.C.C.C.CC(C)CP(=O)(O)O.CC(C)CP(C)(C)=O.CC(N)CP(=O)(O)O.I.NC(CP(=O)(O)O)C(=O)O. The van der Waals surface area contributed by atoms with Crippen LogP contribution in [0.1, 0.15) is 116 Å². The van der Waals surface area contributed by atoms with Gasteiger partial charge in [-0.3, -0.25) is 18.5 Å². The minimum Gasteiger partial charge on any atom is -0.480 e. The summed E-state index contributed by atoms with van der Waals surface area (Å²) in [7, 11) is -13.6. The molecule has 0 saturated carbocycles. The monoisotopic (exact) mass is 884 g/mol. The zero-order valence-corrected chi connectivity index (χ0v) is 27.1. The number of rotatable bonds is 9. The highest BCUT2D eigenvalue weighted by Gasteiger charge is 2.23. The number of carboxylic acids is 1. The summed E-state index contributed by atoms with van der Waals surface area (Å²) in [5, 5.41) is 8.08. The highest BCUT2D eigenvalue weighted by Crippen LogP contribution is 2.38. The topological polar surface area (TPSA) is 279 Å². The van der Waals surface area contributed by atoms with E-state index in [2.05, 4.69) is 13.8 Å². The average molecular weight is 885 g/mol. The van der Waals surface area contributed by atoms with Crippen LogP contribution in [0.25, 0.3) is 0 Å². The minimum absolute atomic E-state index is 0. The Morgan fingerprint density at radius 1 is 0.522 bits per heavy atom. The first kappa shape index (κ1) is 103. The largest absolute Gasteiger partial charge is 0.480 e. The van der Waals surface area contributed by atoms with Gasteiger partial charge in [-0.2, -0.15) is 0 Å². The fourth-order valence-electron chi connectivity index (χ4n) is 2.06. The Labute approximate surface area is 306 Å². The van der Waals surface area contributed by atoms with Gasteiger partial charge in [0.05, 0.1) is 25.6 Å². The normalized spacial score (nSPS) is 10.4. The van der Waals surface area contributed by atoms with Crippen molar-refractivity contribution in [1.29, 1.82) is 0 Å². The summed E-state index contributed by atoms with van der Waals surface area (Å²) in [6, 6.07) is -1.91. The molecule has 2 atom stereocenters. The number of aliphatic carboxylic acids is 1. The Morgan fingerprint density at radius 2 is 0.739 bits per heavy atom. The Morgan fingerprint density at radius 3 is 0.761 bits per heavy atom. The second-order valence-electron chi connectivity index (χ2n) is 9.01. The smallest absolute Gasteiger partial charge is 0.327 e. The molecule has 0 spiro atoms. The Kier molecular flexibility index (Phi) is 108. The molecule has 0 saturated heterocycles. The van der Waals surface area contributed by atoms with Crippen LogP contribution in [0.4, 0.5) is 0 Å². The third-order valence-corrected chi connectivity index (χ3v) is 7.42. The maximum absolute atomic E-state index is 11.0. The maximum Gasteiger partial charge on any atom is 0.327 e. The molecule has 11 N–H and O–H groups in total. The lowest BCUT2D eigenvalue weighted by molar-refractivity contribution is -0.138. The molecule has 0 aliphatic carbocycles. The second-order valence-corrected chi connectivity index (χ2v) is 17.6. The second kappa shape index (κ2) is 47.9. The molecule has 14 nitrogen and oxygen atoms in total. The molecule has 19 heteroatoms. The predicted octanol–water partition coefficient (Wildman–Crippen LogP) is 8.79. The molecule has 46 heavy (non-hydrogen) atoms. The first-order valence-electron chi connectivity index (χ1n) is 9.99. The fourth-order valence-corrected chi connectivity index (χ4v) is 6.19. The molecule has 0 radical (unpaired) electrons. The van der Waals surface area contributed by atoms with Crippen LogP contribution in [0.2, 0.25) is 0 Å². The van der Waals surface area contributed by atoms with E-state index in [0.29, 0.717) is 5.92 Å². The van der Waals surface area contributed by atoms with Crippen LogP contribution in [-0.4, -0.2) is 90.5 Å². The quantitative estimate of drug-likeness (QED) is 0.0773. The minimum atomic E-state index is -4.28. The number of nitrogens with two attached hydrogens (primary N) is 2. The lowest BCUT2D eigenvalue weighted by Gasteiger charge is -2.07. The number of carbonyl (C=O) groups is 1. The maximum atomic E-state index is 11.0. The van der Waals surface area contributed by atoms with E-state index in [1.54, 1.807) is 20.8 Å². The van der Waals surface area contributed by atoms with E-state index in [1.807, 2.05) is 13.3 Å². The fraction of sp³-hybridized carbons (Fsp3) is 0.963. The van der Waals surface area contributed by atoms with Crippen LogP contribution in [0, 0.1) is 11.8 Å². The highest BCUT2D eigenvalue weighted by atomic mass is 127. The summed E-state index contributed by atoms with van der Waals surface area (Å²) in [5.74, 6) is -0.755. The van der Waals surface area contributed by atoms with Gasteiger partial charge in [0.1, 0.15) is 6.04 Å². The predicted molar refractivity (Wildman–Crippen MR) is 223 cm³/mol. The van der Waals surface area contributed by atoms with Gasteiger partial charge in [0, 0.05) is 12.2 Å². The first-order valence-corrected chi connectivity index (χ1v) is 18.2. The lowest BCUT2D eigenvalue weighted by Crippen LogP contribution is -2.33. The van der Waals surface area contributed by atoms with Gasteiger partial charge in [-0.15, -0.1) is 24.0 Å². The van der Waals surface area contributed by atoms with Crippen molar-refractivity contribution in [2.24, 2.45) is 23.3 Å². The molecule has 0 aliphatic heterocycles. The number of carboxylic acid groups (broad SMARTS) is 1. The van der Waals surface area contributed by atoms with E-state index < -0.39 is 54.1 Å². The van der Waals surface area contributed by atoms with E-state index >= 15 is 0 Å².